The summed E-state index contributed by atoms with van der Waals surface area (Å²) in [5.74, 6) is 0. The van der Waals surface area contributed by atoms with E-state index >= 15 is 0 Å². The third-order valence-electron chi connectivity index (χ3n) is 2.21. The molecule has 0 amide bonds. The van der Waals surface area contributed by atoms with E-state index in [9.17, 15) is 23.3 Å². The number of halogens is 3. The van der Waals surface area contributed by atoms with Gasteiger partial charge in [-0.05, 0) is 0 Å². The molecule has 1 aromatic carbocycles. The van der Waals surface area contributed by atoms with E-state index in [0.717, 1.165) is 0 Å². The first-order valence-corrected chi connectivity index (χ1v) is 4.77. The molecule has 94 valence electrons. The van der Waals surface area contributed by atoms with E-state index in [1.54, 1.807) is 18.2 Å². The molecule has 5 nitrogen and oxygen atoms in total. The van der Waals surface area contributed by atoms with Gasteiger partial charge < -0.3 is 10.1 Å². The van der Waals surface area contributed by atoms with Crippen LogP contribution in [-0.2, 0) is 6.18 Å². The number of alkyl halides is 3. The molecule has 18 heavy (non-hydrogen) atoms. The highest BCUT2D eigenvalue weighted by Crippen LogP contribution is 2.31. The Labute approximate surface area is 98.6 Å². The Balaban J connectivity index is 2.60. The van der Waals surface area contributed by atoms with Gasteiger partial charge in [-0.15, -0.1) is 0 Å². The predicted octanol–water partition coefficient (Wildman–Crippen LogP) is 2.61. The van der Waals surface area contributed by atoms with Gasteiger partial charge in [0.1, 0.15) is 5.69 Å². The molecule has 1 aromatic heterocycles. The Hall–Kier alpha value is -2.38. The third kappa shape index (κ3) is 2.17. The lowest BCUT2D eigenvalue weighted by molar-refractivity contribution is -0.551. The van der Waals surface area contributed by atoms with Crippen molar-refractivity contribution < 1.29 is 18.2 Å². The fourth-order valence-electron chi connectivity index (χ4n) is 1.44. The lowest BCUT2D eigenvalue weighted by Crippen LogP contribution is -2.14. The minimum absolute atomic E-state index is 0.123. The van der Waals surface area contributed by atoms with Crippen molar-refractivity contribution in [2.45, 2.75) is 6.18 Å². The summed E-state index contributed by atoms with van der Waals surface area (Å²) in [6.07, 6.45) is -4.72. The average molecular weight is 257 g/mol. The minimum Gasteiger partial charge on any atom is -0.339 e. The van der Waals surface area contributed by atoms with E-state index in [-0.39, 0.29) is 16.0 Å². The summed E-state index contributed by atoms with van der Waals surface area (Å²) in [4.78, 5) is 10.8. The van der Waals surface area contributed by atoms with Crippen LogP contribution in [-0.4, -0.2) is 14.9 Å². The molecule has 0 saturated carbocycles. The van der Waals surface area contributed by atoms with Gasteiger partial charge in [0.25, 0.3) is 5.69 Å². The smallest absolute Gasteiger partial charge is 0.339 e. The molecule has 0 atom stereocenters. The van der Waals surface area contributed by atoms with Crippen molar-refractivity contribution in [2.75, 3.05) is 0 Å². The number of rotatable bonds is 2. The maximum Gasteiger partial charge on any atom is 0.460 e. The van der Waals surface area contributed by atoms with Crippen LogP contribution < -0.4 is 0 Å². The molecule has 0 fully saturated rings. The SMILES string of the molecule is O=[N+]([O-])n1nc(C(F)(F)F)cc1-c1ccccc1. The molecule has 0 unspecified atom stereocenters. The Kier molecular flexibility index (Phi) is 2.77. The number of hydrogen-bond donors (Lipinski definition) is 0. The third-order valence-corrected chi connectivity index (χ3v) is 2.21. The van der Waals surface area contributed by atoms with E-state index in [2.05, 4.69) is 5.10 Å². The molecule has 0 saturated heterocycles. The highest BCUT2D eigenvalue weighted by atomic mass is 19.4. The standard InChI is InChI=1S/C10H6F3N3O2/c11-10(12,13)9-6-8(15(14-9)16(17)18)7-4-2-1-3-5-7/h1-6H. The molecule has 0 aliphatic heterocycles. The van der Waals surface area contributed by atoms with E-state index in [0.29, 0.717) is 6.07 Å². The predicted molar refractivity (Wildman–Crippen MR) is 55.1 cm³/mol. The van der Waals surface area contributed by atoms with Crippen molar-refractivity contribution >= 4 is 0 Å². The highest BCUT2D eigenvalue weighted by molar-refractivity contribution is 5.59. The molecule has 0 N–H and O–H groups in total. The summed E-state index contributed by atoms with van der Waals surface area (Å²) >= 11 is 0. The van der Waals surface area contributed by atoms with Crippen LogP contribution in [0.5, 0.6) is 0 Å². The van der Waals surface area contributed by atoms with Crippen LogP contribution >= 0.6 is 0 Å². The monoisotopic (exact) mass is 257 g/mol. The van der Waals surface area contributed by atoms with Crippen molar-refractivity contribution in [2.24, 2.45) is 0 Å². The summed E-state index contributed by atoms with van der Waals surface area (Å²) in [7, 11) is 0. The fraction of sp³-hybridized carbons (Fsp3) is 0.100. The lowest BCUT2D eigenvalue weighted by Gasteiger charge is -1.98. The molecule has 0 aliphatic carbocycles. The summed E-state index contributed by atoms with van der Waals surface area (Å²) in [5, 5.41) is 12.6. The normalized spacial score (nSPS) is 11.5. The highest BCUT2D eigenvalue weighted by Gasteiger charge is 2.41. The molecule has 8 heteroatoms. The van der Waals surface area contributed by atoms with Gasteiger partial charge in [0.05, 0.1) is 10.1 Å². The quantitative estimate of drug-likeness (QED) is 0.613. The maximum atomic E-state index is 12.5. The van der Waals surface area contributed by atoms with Crippen LogP contribution in [0.3, 0.4) is 0 Å². The van der Waals surface area contributed by atoms with E-state index in [1.807, 2.05) is 0 Å². The zero-order valence-corrected chi connectivity index (χ0v) is 8.76. The first kappa shape index (κ1) is 12.1. The van der Waals surface area contributed by atoms with Crippen LogP contribution in [0.4, 0.5) is 13.2 Å². The van der Waals surface area contributed by atoms with Crippen molar-refractivity contribution in [3.05, 3.63) is 52.2 Å². The van der Waals surface area contributed by atoms with Gasteiger partial charge in [0, 0.05) is 16.4 Å². The molecule has 2 aromatic rings. The van der Waals surface area contributed by atoms with Crippen LogP contribution in [0, 0.1) is 10.1 Å². The van der Waals surface area contributed by atoms with Gasteiger partial charge in [-0.25, -0.2) is 0 Å². The van der Waals surface area contributed by atoms with E-state index < -0.39 is 16.9 Å². The Bertz CT molecular complexity index is 578. The van der Waals surface area contributed by atoms with Crippen molar-refractivity contribution in [1.82, 2.24) is 9.89 Å². The minimum atomic E-state index is -4.72. The molecule has 0 aliphatic rings. The largest absolute Gasteiger partial charge is 0.460 e. The molecular formula is C10H6F3N3O2. The summed E-state index contributed by atoms with van der Waals surface area (Å²) in [6.45, 7) is 0. The van der Waals surface area contributed by atoms with E-state index in [4.69, 9.17) is 0 Å². The Morgan fingerprint density at radius 1 is 1.22 bits per heavy atom. The second kappa shape index (κ2) is 4.13. The number of nitrogens with zero attached hydrogens (tertiary/aromatic N) is 3. The number of aromatic nitrogens is 2. The molecule has 2 rings (SSSR count). The van der Waals surface area contributed by atoms with Crippen molar-refractivity contribution in [3.63, 3.8) is 0 Å². The topological polar surface area (TPSA) is 61.0 Å². The number of benzene rings is 1. The van der Waals surface area contributed by atoms with Crippen LogP contribution in [0.15, 0.2) is 36.4 Å². The second-order valence-corrected chi connectivity index (χ2v) is 3.41. The van der Waals surface area contributed by atoms with E-state index in [1.165, 1.54) is 12.1 Å². The van der Waals surface area contributed by atoms with Gasteiger partial charge in [0.15, 0.2) is 0 Å². The van der Waals surface area contributed by atoms with Crippen molar-refractivity contribution in [3.8, 4) is 11.3 Å². The zero-order valence-electron chi connectivity index (χ0n) is 8.76. The molecule has 0 bridgehead atoms. The first-order chi connectivity index (χ1) is 8.39. The Morgan fingerprint density at radius 2 is 1.83 bits per heavy atom. The van der Waals surface area contributed by atoms with Crippen molar-refractivity contribution in [1.29, 1.82) is 0 Å². The van der Waals surface area contributed by atoms with Gasteiger partial charge in [0.2, 0.25) is 0 Å². The first-order valence-electron chi connectivity index (χ1n) is 4.77. The molecular weight excluding hydrogens is 251 g/mol. The summed E-state index contributed by atoms with van der Waals surface area (Å²) in [6, 6.07) is 8.38. The van der Waals surface area contributed by atoms with Gasteiger partial charge in [-0.3, -0.25) is 0 Å². The lowest BCUT2D eigenvalue weighted by atomic mass is 10.1. The van der Waals surface area contributed by atoms with Gasteiger partial charge >= 0.3 is 6.18 Å². The van der Waals surface area contributed by atoms with Crippen LogP contribution in [0.2, 0.25) is 0 Å². The molecule has 0 spiro atoms. The molecule has 1 heterocycles. The summed E-state index contributed by atoms with van der Waals surface area (Å²) in [5.41, 5.74) is -1.22. The number of nitro groups is 1. The second-order valence-electron chi connectivity index (χ2n) is 3.41. The van der Waals surface area contributed by atoms with Gasteiger partial charge in [-0.2, -0.15) is 13.2 Å². The van der Waals surface area contributed by atoms with Crippen LogP contribution in [0.1, 0.15) is 5.69 Å². The average Bonchev–Trinajstić information content (AvgIpc) is 2.74. The molecule has 0 radical (unpaired) electrons. The summed E-state index contributed by atoms with van der Waals surface area (Å²) < 4.78 is 37.4. The Morgan fingerprint density at radius 3 is 2.33 bits per heavy atom. The fourth-order valence-corrected chi connectivity index (χ4v) is 1.44. The zero-order chi connectivity index (χ0) is 13.3. The number of hydrogen-bond acceptors (Lipinski definition) is 3. The maximum absolute atomic E-state index is 12.5. The van der Waals surface area contributed by atoms with Gasteiger partial charge in [-0.1, -0.05) is 30.3 Å². The van der Waals surface area contributed by atoms with Crippen LogP contribution in [0.25, 0.3) is 11.3 Å².